The molecule has 5 rings (SSSR count). The van der Waals surface area contributed by atoms with Crippen LogP contribution < -0.4 is 21.3 Å². The zero-order valence-electron chi connectivity index (χ0n) is 17.6. The molecule has 1 aliphatic rings. The topological polar surface area (TPSA) is 82.3 Å². The number of halogens is 2. The number of fused-ring (bicyclic) bond motifs is 1. The molecular weight excluding hydrogens is 491 g/mol. The number of carbonyl (C=O) groups is 2. The van der Waals surface area contributed by atoms with Gasteiger partial charge in [0, 0.05) is 21.8 Å². The van der Waals surface area contributed by atoms with E-state index in [1.807, 2.05) is 53.2 Å². The zero-order chi connectivity index (χ0) is 23.7. The van der Waals surface area contributed by atoms with Gasteiger partial charge in [0.25, 0.3) is 11.8 Å². The average molecular weight is 509 g/mol. The van der Waals surface area contributed by atoms with E-state index >= 15 is 0 Å². The highest BCUT2D eigenvalue weighted by Crippen LogP contribution is 2.37. The van der Waals surface area contributed by atoms with E-state index in [0.29, 0.717) is 32.5 Å². The van der Waals surface area contributed by atoms with Crippen molar-refractivity contribution < 1.29 is 9.59 Å². The van der Waals surface area contributed by atoms with Gasteiger partial charge in [-0.15, -0.1) is 0 Å². The molecule has 170 valence electrons. The van der Waals surface area contributed by atoms with Crippen molar-refractivity contribution in [3.63, 3.8) is 0 Å². The standard InChI is InChI=1S/C25H18Cl2N4O2S/c26-16-3-7-19(20(27)11-16)25(33)28-17-4-1-14(2-5-17)23-30-21-8-6-18(12-22(21)31-23)29-24(32)15-9-10-34-13-15/h1-13,23,30-31H,(H,28,33)(H,29,32). The van der Waals surface area contributed by atoms with E-state index in [0.717, 1.165) is 16.9 Å². The molecule has 0 radical (unpaired) electrons. The minimum absolute atomic E-state index is 0.138. The van der Waals surface area contributed by atoms with Gasteiger partial charge in [0.1, 0.15) is 6.17 Å². The van der Waals surface area contributed by atoms with Crippen molar-refractivity contribution >= 4 is 69.1 Å². The number of rotatable bonds is 5. The highest BCUT2D eigenvalue weighted by Gasteiger charge is 2.22. The lowest BCUT2D eigenvalue weighted by Gasteiger charge is -2.14. The first kappa shape index (κ1) is 22.3. The number of hydrogen-bond donors (Lipinski definition) is 4. The van der Waals surface area contributed by atoms with Crippen LogP contribution in [0.2, 0.25) is 10.0 Å². The van der Waals surface area contributed by atoms with Gasteiger partial charge in [-0.1, -0.05) is 35.3 Å². The molecule has 4 N–H and O–H groups in total. The molecule has 0 fully saturated rings. The van der Waals surface area contributed by atoms with Crippen LogP contribution in [0.25, 0.3) is 0 Å². The second-order valence-corrected chi connectivity index (χ2v) is 9.27. The van der Waals surface area contributed by atoms with Crippen molar-refractivity contribution in [1.82, 2.24) is 0 Å². The van der Waals surface area contributed by atoms with Crippen molar-refractivity contribution in [3.05, 3.63) is 104 Å². The molecule has 0 saturated heterocycles. The van der Waals surface area contributed by atoms with E-state index in [9.17, 15) is 9.59 Å². The molecule has 1 unspecified atom stereocenters. The van der Waals surface area contributed by atoms with Gasteiger partial charge in [0.15, 0.2) is 0 Å². The SMILES string of the molecule is O=C(Nc1ccc2c(c1)NC(c1ccc(NC(=O)c3ccc(Cl)cc3Cl)cc1)N2)c1ccsc1. The van der Waals surface area contributed by atoms with Crippen molar-refractivity contribution in [2.45, 2.75) is 6.17 Å². The van der Waals surface area contributed by atoms with E-state index in [-0.39, 0.29) is 18.0 Å². The molecule has 1 aromatic heterocycles. The van der Waals surface area contributed by atoms with Gasteiger partial charge >= 0.3 is 0 Å². The molecule has 0 spiro atoms. The first-order chi connectivity index (χ1) is 16.5. The molecule has 0 saturated carbocycles. The minimum Gasteiger partial charge on any atom is -0.360 e. The first-order valence-electron chi connectivity index (χ1n) is 10.3. The quantitative estimate of drug-likeness (QED) is 0.231. The molecular formula is C25H18Cl2N4O2S. The van der Waals surface area contributed by atoms with Crippen LogP contribution in [0, 0.1) is 0 Å². The van der Waals surface area contributed by atoms with Gasteiger partial charge in [-0.2, -0.15) is 11.3 Å². The number of thiophene rings is 1. The normalized spacial score (nSPS) is 14.0. The molecule has 4 aromatic rings. The Morgan fingerprint density at radius 1 is 0.794 bits per heavy atom. The van der Waals surface area contributed by atoms with Crippen LogP contribution in [-0.2, 0) is 0 Å². The largest absolute Gasteiger partial charge is 0.360 e. The summed E-state index contributed by atoms with van der Waals surface area (Å²) in [5, 5.41) is 17.1. The lowest BCUT2D eigenvalue weighted by molar-refractivity contribution is 0.101. The Balaban J connectivity index is 1.23. The van der Waals surface area contributed by atoms with Gasteiger partial charge in [0.05, 0.1) is 27.5 Å². The maximum atomic E-state index is 12.5. The maximum absolute atomic E-state index is 12.5. The molecule has 1 atom stereocenters. The summed E-state index contributed by atoms with van der Waals surface area (Å²) < 4.78 is 0. The van der Waals surface area contributed by atoms with Crippen LogP contribution >= 0.6 is 34.5 Å². The first-order valence-corrected chi connectivity index (χ1v) is 12.0. The van der Waals surface area contributed by atoms with Crippen LogP contribution in [0.4, 0.5) is 22.7 Å². The summed E-state index contributed by atoms with van der Waals surface area (Å²) in [6.07, 6.45) is -0.145. The number of carbonyl (C=O) groups excluding carboxylic acids is 2. The third kappa shape index (κ3) is 4.72. The third-order valence-electron chi connectivity index (χ3n) is 5.34. The Morgan fingerprint density at radius 3 is 2.26 bits per heavy atom. The van der Waals surface area contributed by atoms with E-state index < -0.39 is 0 Å². The molecule has 9 heteroatoms. The number of benzene rings is 3. The number of hydrogen-bond acceptors (Lipinski definition) is 5. The molecule has 0 aliphatic carbocycles. The lowest BCUT2D eigenvalue weighted by Crippen LogP contribution is -2.14. The van der Waals surface area contributed by atoms with Crippen LogP contribution in [-0.4, -0.2) is 11.8 Å². The van der Waals surface area contributed by atoms with Crippen LogP contribution in [0.5, 0.6) is 0 Å². The summed E-state index contributed by atoms with van der Waals surface area (Å²) in [6, 6.07) is 19.7. The monoisotopic (exact) mass is 508 g/mol. The molecule has 3 aromatic carbocycles. The van der Waals surface area contributed by atoms with Crippen molar-refractivity contribution in [1.29, 1.82) is 0 Å². The van der Waals surface area contributed by atoms with Crippen LogP contribution in [0.1, 0.15) is 32.4 Å². The van der Waals surface area contributed by atoms with Crippen molar-refractivity contribution in [2.24, 2.45) is 0 Å². The average Bonchev–Trinajstić information content (AvgIpc) is 3.49. The Hall–Kier alpha value is -3.52. The summed E-state index contributed by atoms with van der Waals surface area (Å²) >= 11 is 13.5. The second kappa shape index (κ2) is 9.38. The predicted octanol–water partition coefficient (Wildman–Crippen LogP) is 7.10. The number of amides is 2. The van der Waals surface area contributed by atoms with E-state index in [2.05, 4.69) is 21.3 Å². The molecule has 6 nitrogen and oxygen atoms in total. The van der Waals surface area contributed by atoms with Gasteiger partial charge < -0.3 is 21.3 Å². The summed E-state index contributed by atoms with van der Waals surface area (Å²) in [4.78, 5) is 24.8. The minimum atomic E-state index is -0.309. The van der Waals surface area contributed by atoms with Gasteiger partial charge in [-0.3, -0.25) is 9.59 Å². The molecule has 34 heavy (non-hydrogen) atoms. The second-order valence-electron chi connectivity index (χ2n) is 7.65. The smallest absolute Gasteiger partial charge is 0.257 e. The van der Waals surface area contributed by atoms with Crippen molar-refractivity contribution in [2.75, 3.05) is 21.3 Å². The number of nitrogens with one attached hydrogen (secondary N) is 4. The Bertz CT molecular complexity index is 1370. The van der Waals surface area contributed by atoms with Gasteiger partial charge in [0.2, 0.25) is 0 Å². The van der Waals surface area contributed by atoms with Gasteiger partial charge in [-0.05, 0) is 65.5 Å². The number of anilines is 4. The fourth-order valence-corrected chi connectivity index (χ4v) is 4.74. The van der Waals surface area contributed by atoms with E-state index in [1.54, 1.807) is 18.2 Å². The summed E-state index contributed by atoms with van der Waals surface area (Å²) in [5.74, 6) is -0.447. The van der Waals surface area contributed by atoms with Gasteiger partial charge in [-0.25, -0.2) is 0 Å². The maximum Gasteiger partial charge on any atom is 0.257 e. The molecule has 2 heterocycles. The fourth-order valence-electron chi connectivity index (χ4n) is 3.61. The third-order valence-corrected chi connectivity index (χ3v) is 6.57. The fraction of sp³-hybridized carbons (Fsp3) is 0.0400. The van der Waals surface area contributed by atoms with E-state index in [1.165, 1.54) is 17.4 Å². The van der Waals surface area contributed by atoms with Crippen LogP contribution in [0.3, 0.4) is 0 Å². The van der Waals surface area contributed by atoms with E-state index in [4.69, 9.17) is 23.2 Å². The summed E-state index contributed by atoms with van der Waals surface area (Å²) in [6.45, 7) is 0. The predicted molar refractivity (Wildman–Crippen MR) is 140 cm³/mol. The molecule has 1 aliphatic heterocycles. The zero-order valence-corrected chi connectivity index (χ0v) is 19.9. The highest BCUT2D eigenvalue weighted by atomic mass is 35.5. The Kier molecular flexibility index (Phi) is 6.15. The molecule has 0 bridgehead atoms. The summed E-state index contributed by atoms with van der Waals surface area (Å²) in [7, 11) is 0. The Labute approximate surface area is 209 Å². The lowest BCUT2D eigenvalue weighted by atomic mass is 10.1. The highest BCUT2D eigenvalue weighted by molar-refractivity contribution is 7.08. The Morgan fingerprint density at radius 2 is 1.53 bits per heavy atom. The summed E-state index contributed by atoms with van der Waals surface area (Å²) in [5.41, 5.74) is 5.17. The molecule has 2 amide bonds. The van der Waals surface area contributed by atoms with Crippen LogP contribution in [0.15, 0.2) is 77.5 Å². The van der Waals surface area contributed by atoms with Crippen molar-refractivity contribution in [3.8, 4) is 0 Å².